The third kappa shape index (κ3) is 4.13. The monoisotopic (exact) mass is 246 g/mol. The molecule has 1 rings (SSSR count). The molecule has 0 saturated heterocycles. The highest BCUT2D eigenvalue weighted by Crippen LogP contribution is 2.18. The summed E-state index contributed by atoms with van der Waals surface area (Å²) < 4.78 is 0. The van der Waals surface area contributed by atoms with Gasteiger partial charge in [-0.05, 0) is 18.4 Å². The Kier molecular flexibility index (Phi) is 5.57. The molecule has 0 unspecified atom stereocenters. The summed E-state index contributed by atoms with van der Waals surface area (Å²) in [5, 5.41) is 6.61. The molecule has 0 radical (unpaired) electrons. The van der Waals surface area contributed by atoms with E-state index in [1.165, 1.54) is 0 Å². The zero-order valence-electron chi connectivity index (χ0n) is 8.88. The topological polar surface area (TPSA) is 49.8 Å². The fourth-order valence-electron chi connectivity index (χ4n) is 1.03. The number of hydrogen-bond donors (Lipinski definition) is 2. The average Bonchev–Trinajstić information content (AvgIpc) is 2.26. The van der Waals surface area contributed by atoms with Crippen LogP contribution < -0.4 is 10.6 Å². The highest BCUT2D eigenvalue weighted by atomic mass is 35.5. The Morgan fingerprint density at radius 2 is 2.33 bits per heavy atom. The van der Waals surface area contributed by atoms with Crippen molar-refractivity contribution in [3.8, 4) is 0 Å². The van der Waals surface area contributed by atoms with Crippen LogP contribution in [0.4, 0.5) is 11.8 Å². The summed E-state index contributed by atoms with van der Waals surface area (Å²) in [5.41, 5.74) is 0. The van der Waals surface area contributed by atoms with Crippen LogP contribution in [0.25, 0.3) is 0 Å². The van der Waals surface area contributed by atoms with E-state index >= 15 is 0 Å². The van der Waals surface area contributed by atoms with Gasteiger partial charge in [0.2, 0.25) is 5.95 Å². The number of nitrogens with one attached hydrogen (secondary N) is 2. The van der Waals surface area contributed by atoms with Gasteiger partial charge in [-0.1, -0.05) is 11.6 Å². The van der Waals surface area contributed by atoms with Gasteiger partial charge < -0.3 is 10.6 Å². The molecule has 2 N–H and O–H groups in total. The standard InChI is InChI=1S/C9H15ClN4S/c1-11-9-13-6-7(10)8(14-9)12-4-3-5-15-2/h6H,3-5H2,1-2H3,(H2,11,12,13,14). The fraction of sp³-hybridized carbons (Fsp3) is 0.556. The molecule has 0 saturated carbocycles. The molecule has 1 aromatic rings. The minimum absolute atomic E-state index is 0.554. The van der Waals surface area contributed by atoms with E-state index in [1.54, 1.807) is 13.2 Å². The molecule has 0 atom stereocenters. The van der Waals surface area contributed by atoms with Gasteiger partial charge in [-0.15, -0.1) is 0 Å². The van der Waals surface area contributed by atoms with Crippen LogP contribution >= 0.6 is 23.4 Å². The number of anilines is 2. The van der Waals surface area contributed by atoms with Crippen LogP contribution in [-0.4, -0.2) is 35.6 Å². The maximum absolute atomic E-state index is 5.95. The third-order valence-electron chi connectivity index (χ3n) is 1.79. The van der Waals surface area contributed by atoms with E-state index in [2.05, 4.69) is 26.9 Å². The van der Waals surface area contributed by atoms with Crippen molar-refractivity contribution in [1.29, 1.82) is 0 Å². The van der Waals surface area contributed by atoms with E-state index in [0.717, 1.165) is 18.7 Å². The predicted octanol–water partition coefficient (Wildman–Crippen LogP) is 2.34. The normalized spacial score (nSPS) is 10.1. The molecule has 4 nitrogen and oxygen atoms in total. The molecule has 1 aromatic heterocycles. The van der Waals surface area contributed by atoms with Crippen LogP contribution in [-0.2, 0) is 0 Å². The van der Waals surface area contributed by atoms with Crippen molar-refractivity contribution in [3.05, 3.63) is 11.2 Å². The summed E-state index contributed by atoms with van der Waals surface area (Å²) in [7, 11) is 1.78. The first-order valence-electron chi connectivity index (χ1n) is 4.71. The molecule has 1 heterocycles. The van der Waals surface area contributed by atoms with Crippen LogP contribution in [0.1, 0.15) is 6.42 Å². The number of nitrogens with zero attached hydrogens (tertiary/aromatic N) is 2. The van der Waals surface area contributed by atoms with Gasteiger partial charge in [0.05, 0.1) is 6.20 Å². The van der Waals surface area contributed by atoms with E-state index in [-0.39, 0.29) is 0 Å². The minimum Gasteiger partial charge on any atom is -0.369 e. The summed E-state index contributed by atoms with van der Waals surface area (Å²) >= 11 is 7.78. The highest BCUT2D eigenvalue weighted by Gasteiger charge is 2.03. The van der Waals surface area contributed by atoms with E-state index in [4.69, 9.17) is 11.6 Å². The maximum Gasteiger partial charge on any atom is 0.224 e. The molecule has 0 amide bonds. The zero-order chi connectivity index (χ0) is 11.1. The lowest BCUT2D eigenvalue weighted by molar-refractivity contribution is 0.977. The molecular formula is C9H15ClN4S. The van der Waals surface area contributed by atoms with E-state index in [0.29, 0.717) is 16.8 Å². The Balaban J connectivity index is 2.51. The smallest absolute Gasteiger partial charge is 0.224 e. The van der Waals surface area contributed by atoms with Gasteiger partial charge in [-0.25, -0.2) is 4.98 Å². The highest BCUT2D eigenvalue weighted by molar-refractivity contribution is 7.98. The third-order valence-corrected chi connectivity index (χ3v) is 2.76. The lowest BCUT2D eigenvalue weighted by Crippen LogP contribution is -2.07. The Labute approximate surface area is 99.2 Å². The first kappa shape index (κ1) is 12.4. The number of thioether (sulfide) groups is 1. The van der Waals surface area contributed by atoms with E-state index in [1.807, 2.05) is 11.8 Å². The van der Waals surface area contributed by atoms with Gasteiger partial charge in [0.15, 0.2) is 0 Å². The number of hydrogen-bond acceptors (Lipinski definition) is 5. The van der Waals surface area contributed by atoms with Crippen molar-refractivity contribution in [2.45, 2.75) is 6.42 Å². The first-order valence-corrected chi connectivity index (χ1v) is 6.48. The van der Waals surface area contributed by atoms with Crippen LogP contribution in [0.5, 0.6) is 0 Å². The average molecular weight is 247 g/mol. The molecule has 0 fully saturated rings. The Morgan fingerprint density at radius 3 is 3.00 bits per heavy atom. The molecule has 15 heavy (non-hydrogen) atoms. The SMILES string of the molecule is CNc1ncc(Cl)c(NCCCSC)n1. The Hall–Kier alpha value is -0.680. The van der Waals surface area contributed by atoms with Gasteiger partial charge in [0.1, 0.15) is 10.8 Å². The maximum atomic E-state index is 5.95. The van der Waals surface area contributed by atoms with Crippen molar-refractivity contribution in [2.24, 2.45) is 0 Å². The molecule has 0 spiro atoms. The zero-order valence-corrected chi connectivity index (χ0v) is 10.5. The number of rotatable bonds is 6. The van der Waals surface area contributed by atoms with Crippen molar-refractivity contribution in [2.75, 3.05) is 36.2 Å². The fourth-order valence-corrected chi connectivity index (χ4v) is 1.63. The van der Waals surface area contributed by atoms with Crippen LogP contribution in [0.15, 0.2) is 6.20 Å². The number of halogens is 1. The second-order valence-corrected chi connectivity index (χ2v) is 4.31. The summed E-state index contributed by atoms with van der Waals surface area (Å²) in [6, 6.07) is 0. The van der Waals surface area contributed by atoms with Gasteiger partial charge in [0.25, 0.3) is 0 Å². The predicted molar refractivity (Wildman–Crippen MR) is 68.1 cm³/mol. The van der Waals surface area contributed by atoms with Crippen molar-refractivity contribution < 1.29 is 0 Å². The van der Waals surface area contributed by atoms with E-state index < -0.39 is 0 Å². The lowest BCUT2D eigenvalue weighted by atomic mass is 10.4. The van der Waals surface area contributed by atoms with Crippen LogP contribution in [0.2, 0.25) is 5.02 Å². The molecular weight excluding hydrogens is 232 g/mol. The Morgan fingerprint density at radius 1 is 1.53 bits per heavy atom. The number of aromatic nitrogens is 2. The summed E-state index contributed by atoms with van der Waals surface area (Å²) in [6.07, 6.45) is 4.78. The summed E-state index contributed by atoms with van der Waals surface area (Å²) in [6.45, 7) is 0.876. The molecule has 0 bridgehead atoms. The molecule has 84 valence electrons. The van der Waals surface area contributed by atoms with Gasteiger partial charge in [-0.3, -0.25) is 0 Å². The van der Waals surface area contributed by atoms with E-state index in [9.17, 15) is 0 Å². The quantitative estimate of drug-likeness (QED) is 0.755. The van der Waals surface area contributed by atoms with Crippen molar-refractivity contribution in [1.82, 2.24) is 9.97 Å². The molecule has 0 aromatic carbocycles. The molecule has 6 heteroatoms. The van der Waals surface area contributed by atoms with Gasteiger partial charge in [-0.2, -0.15) is 16.7 Å². The molecule has 0 aliphatic carbocycles. The van der Waals surface area contributed by atoms with Crippen molar-refractivity contribution in [3.63, 3.8) is 0 Å². The summed E-state index contributed by atoms with van der Waals surface area (Å²) in [4.78, 5) is 8.22. The summed E-state index contributed by atoms with van der Waals surface area (Å²) in [5.74, 6) is 2.40. The second kappa shape index (κ2) is 6.74. The van der Waals surface area contributed by atoms with Gasteiger partial charge >= 0.3 is 0 Å². The molecule has 0 aliphatic heterocycles. The minimum atomic E-state index is 0.554. The lowest BCUT2D eigenvalue weighted by Gasteiger charge is -2.07. The largest absolute Gasteiger partial charge is 0.369 e. The second-order valence-electron chi connectivity index (χ2n) is 2.91. The Bertz CT molecular complexity index is 308. The van der Waals surface area contributed by atoms with Gasteiger partial charge in [0, 0.05) is 13.6 Å². The van der Waals surface area contributed by atoms with Crippen LogP contribution in [0.3, 0.4) is 0 Å². The first-order chi connectivity index (χ1) is 7.27. The van der Waals surface area contributed by atoms with Crippen molar-refractivity contribution >= 4 is 35.1 Å². The van der Waals surface area contributed by atoms with Crippen LogP contribution in [0, 0.1) is 0 Å². The molecule has 0 aliphatic rings.